The van der Waals surface area contributed by atoms with Gasteiger partial charge in [0.1, 0.15) is 11.5 Å². The van der Waals surface area contributed by atoms with Crippen LogP contribution in [0, 0.1) is 19.3 Å². The minimum Gasteiger partial charge on any atom is -0.466 e. The molecule has 3 aliphatic heterocycles. The molecule has 6 nitrogen and oxygen atoms in total. The first kappa shape index (κ1) is 18.5. The highest BCUT2D eigenvalue weighted by molar-refractivity contribution is 5.95. The molecule has 148 valence electrons. The van der Waals surface area contributed by atoms with E-state index in [0.717, 1.165) is 64.2 Å². The van der Waals surface area contributed by atoms with E-state index in [2.05, 4.69) is 16.8 Å². The lowest BCUT2D eigenvalue weighted by atomic mass is 9.72. The Morgan fingerprint density at radius 1 is 1.19 bits per heavy atom. The number of hydrogen-bond acceptors (Lipinski definition) is 4. The fourth-order valence-corrected chi connectivity index (χ4v) is 5.15. The molecule has 0 aliphatic carbocycles. The van der Waals surface area contributed by atoms with Crippen LogP contribution in [-0.2, 0) is 4.79 Å². The number of carbonyl (C=O) groups excluding carboxylic acids is 2. The molecule has 0 bridgehead atoms. The summed E-state index contributed by atoms with van der Waals surface area (Å²) in [6.07, 6.45) is 4.69. The SMILES string of the molecule is Cc1cc(C(=O)N2CCC3(CCC(=O)N(C4CCN(C)C4)C3)CC2)c(C)o1. The third-order valence-electron chi connectivity index (χ3n) is 6.89. The van der Waals surface area contributed by atoms with Gasteiger partial charge >= 0.3 is 0 Å². The molecule has 4 rings (SSSR count). The van der Waals surface area contributed by atoms with E-state index in [1.54, 1.807) is 0 Å². The molecular formula is C21H31N3O3. The lowest BCUT2D eigenvalue weighted by Gasteiger charge is -2.49. The number of rotatable bonds is 2. The van der Waals surface area contributed by atoms with Crippen molar-refractivity contribution in [3.63, 3.8) is 0 Å². The van der Waals surface area contributed by atoms with E-state index < -0.39 is 0 Å². The van der Waals surface area contributed by atoms with Gasteiger partial charge in [-0.2, -0.15) is 0 Å². The first-order chi connectivity index (χ1) is 12.9. The van der Waals surface area contributed by atoms with Gasteiger partial charge in [0, 0.05) is 38.6 Å². The second-order valence-electron chi connectivity index (χ2n) is 8.85. The van der Waals surface area contributed by atoms with Gasteiger partial charge in [0.15, 0.2) is 0 Å². The summed E-state index contributed by atoms with van der Waals surface area (Å²) in [4.78, 5) is 31.8. The van der Waals surface area contributed by atoms with Crippen molar-refractivity contribution in [2.75, 3.05) is 39.8 Å². The van der Waals surface area contributed by atoms with Crippen LogP contribution in [0.3, 0.4) is 0 Å². The molecule has 1 spiro atoms. The van der Waals surface area contributed by atoms with Crippen LogP contribution in [0.2, 0.25) is 0 Å². The molecule has 4 heterocycles. The first-order valence-corrected chi connectivity index (χ1v) is 10.2. The molecule has 1 aromatic heterocycles. The van der Waals surface area contributed by atoms with Crippen LogP contribution >= 0.6 is 0 Å². The van der Waals surface area contributed by atoms with Gasteiger partial charge in [-0.25, -0.2) is 0 Å². The maximum atomic E-state index is 12.9. The maximum absolute atomic E-state index is 12.9. The van der Waals surface area contributed by atoms with Crippen LogP contribution < -0.4 is 0 Å². The molecule has 3 saturated heterocycles. The van der Waals surface area contributed by atoms with Crippen LogP contribution in [0.25, 0.3) is 0 Å². The molecular weight excluding hydrogens is 342 g/mol. The molecule has 1 unspecified atom stereocenters. The van der Waals surface area contributed by atoms with Gasteiger partial charge < -0.3 is 19.1 Å². The molecule has 0 radical (unpaired) electrons. The minimum absolute atomic E-state index is 0.0837. The average molecular weight is 373 g/mol. The number of furan rings is 1. The molecule has 1 aromatic rings. The van der Waals surface area contributed by atoms with E-state index in [1.165, 1.54) is 0 Å². The van der Waals surface area contributed by atoms with Crippen molar-refractivity contribution in [3.8, 4) is 0 Å². The Bertz CT molecular complexity index is 733. The summed E-state index contributed by atoms with van der Waals surface area (Å²) in [5.74, 6) is 1.90. The second kappa shape index (κ2) is 6.97. The van der Waals surface area contributed by atoms with Gasteiger partial charge in [0.25, 0.3) is 5.91 Å². The van der Waals surface area contributed by atoms with Gasteiger partial charge in [-0.3, -0.25) is 9.59 Å². The van der Waals surface area contributed by atoms with Crippen LogP contribution in [0.4, 0.5) is 0 Å². The zero-order valence-electron chi connectivity index (χ0n) is 16.8. The molecule has 3 fully saturated rings. The fourth-order valence-electron chi connectivity index (χ4n) is 5.15. The van der Waals surface area contributed by atoms with Crippen molar-refractivity contribution in [2.24, 2.45) is 5.41 Å². The standard InChI is InChI=1S/C21H31N3O3/c1-15-12-18(16(2)27-15)20(26)23-10-7-21(8-11-23)6-4-19(25)24(14-21)17-5-9-22(3)13-17/h12,17H,4-11,13-14H2,1-3H3. The molecule has 3 aliphatic rings. The highest BCUT2D eigenvalue weighted by Gasteiger charge is 2.44. The summed E-state index contributed by atoms with van der Waals surface area (Å²) >= 11 is 0. The summed E-state index contributed by atoms with van der Waals surface area (Å²) in [6.45, 7) is 8.22. The van der Waals surface area contributed by atoms with E-state index in [1.807, 2.05) is 24.8 Å². The fraction of sp³-hybridized carbons (Fsp3) is 0.714. The lowest BCUT2D eigenvalue weighted by molar-refractivity contribution is -0.141. The van der Waals surface area contributed by atoms with Gasteiger partial charge in [-0.05, 0) is 64.6 Å². The molecule has 0 aromatic carbocycles. The van der Waals surface area contributed by atoms with Crippen LogP contribution in [0.15, 0.2) is 10.5 Å². The Kier molecular flexibility index (Phi) is 4.78. The average Bonchev–Trinajstić information content (AvgIpc) is 3.22. The summed E-state index contributed by atoms with van der Waals surface area (Å²) in [6, 6.07) is 2.22. The highest BCUT2D eigenvalue weighted by atomic mass is 16.3. The summed E-state index contributed by atoms with van der Waals surface area (Å²) < 4.78 is 5.53. The second-order valence-corrected chi connectivity index (χ2v) is 8.85. The number of amides is 2. The maximum Gasteiger partial charge on any atom is 0.257 e. The Balaban J connectivity index is 1.41. The predicted molar refractivity (Wildman–Crippen MR) is 103 cm³/mol. The number of likely N-dealkylation sites (N-methyl/N-ethyl adjacent to an activating group) is 1. The molecule has 27 heavy (non-hydrogen) atoms. The van der Waals surface area contributed by atoms with E-state index in [4.69, 9.17) is 4.42 Å². The van der Waals surface area contributed by atoms with Gasteiger partial charge in [-0.1, -0.05) is 0 Å². The van der Waals surface area contributed by atoms with Crippen LogP contribution in [-0.4, -0.2) is 72.3 Å². The van der Waals surface area contributed by atoms with Gasteiger partial charge in [-0.15, -0.1) is 0 Å². The molecule has 1 atom stereocenters. The quantitative estimate of drug-likeness (QED) is 0.799. The van der Waals surface area contributed by atoms with Crippen molar-refractivity contribution in [3.05, 3.63) is 23.2 Å². The topological polar surface area (TPSA) is 57.0 Å². The number of nitrogens with zero attached hydrogens (tertiary/aromatic N) is 3. The van der Waals surface area contributed by atoms with Crippen molar-refractivity contribution >= 4 is 11.8 Å². The number of carbonyl (C=O) groups is 2. The van der Waals surface area contributed by atoms with Crippen molar-refractivity contribution in [1.29, 1.82) is 0 Å². The lowest BCUT2D eigenvalue weighted by Crippen LogP contribution is -2.55. The van der Waals surface area contributed by atoms with Crippen molar-refractivity contribution in [1.82, 2.24) is 14.7 Å². The predicted octanol–water partition coefficient (Wildman–Crippen LogP) is 2.45. The molecule has 0 N–H and O–H groups in total. The summed E-state index contributed by atoms with van der Waals surface area (Å²) in [7, 11) is 2.13. The van der Waals surface area contributed by atoms with Crippen LogP contribution in [0.1, 0.15) is 54.0 Å². The third-order valence-corrected chi connectivity index (χ3v) is 6.89. The Morgan fingerprint density at radius 3 is 2.52 bits per heavy atom. The van der Waals surface area contributed by atoms with E-state index in [9.17, 15) is 9.59 Å². The largest absolute Gasteiger partial charge is 0.466 e. The number of likely N-dealkylation sites (tertiary alicyclic amines) is 3. The zero-order chi connectivity index (χ0) is 19.2. The van der Waals surface area contributed by atoms with E-state index in [0.29, 0.717) is 29.7 Å². The van der Waals surface area contributed by atoms with Gasteiger partial charge in [0.05, 0.1) is 5.56 Å². The van der Waals surface area contributed by atoms with Crippen molar-refractivity contribution < 1.29 is 14.0 Å². The minimum atomic E-state index is 0.0837. The van der Waals surface area contributed by atoms with Gasteiger partial charge in [0.2, 0.25) is 5.91 Å². The first-order valence-electron chi connectivity index (χ1n) is 10.2. The number of aryl methyl sites for hydroxylation is 2. The Labute approximate surface area is 161 Å². The normalized spacial score (nSPS) is 26.2. The zero-order valence-corrected chi connectivity index (χ0v) is 16.8. The number of hydrogen-bond donors (Lipinski definition) is 0. The number of piperidine rings is 2. The Morgan fingerprint density at radius 2 is 1.93 bits per heavy atom. The third kappa shape index (κ3) is 3.51. The summed E-state index contributed by atoms with van der Waals surface area (Å²) in [5.41, 5.74) is 0.880. The summed E-state index contributed by atoms with van der Waals surface area (Å²) in [5, 5.41) is 0. The molecule has 2 amide bonds. The van der Waals surface area contributed by atoms with Crippen LogP contribution in [0.5, 0.6) is 0 Å². The van der Waals surface area contributed by atoms with E-state index in [-0.39, 0.29) is 11.3 Å². The molecule has 0 saturated carbocycles. The Hall–Kier alpha value is -1.82. The van der Waals surface area contributed by atoms with E-state index >= 15 is 0 Å². The monoisotopic (exact) mass is 373 g/mol. The molecule has 6 heteroatoms. The highest BCUT2D eigenvalue weighted by Crippen LogP contribution is 2.41. The smallest absolute Gasteiger partial charge is 0.257 e. The van der Waals surface area contributed by atoms with Crippen molar-refractivity contribution in [2.45, 2.75) is 52.0 Å².